The third-order valence-corrected chi connectivity index (χ3v) is 5.19. The molecule has 1 N–H and O–H groups in total. The highest BCUT2D eigenvalue weighted by atomic mass is 32.1. The molecule has 0 aliphatic carbocycles. The number of nitrogens with one attached hydrogen (secondary N) is 1. The summed E-state index contributed by atoms with van der Waals surface area (Å²) >= 11 is 0.760. The van der Waals surface area contributed by atoms with Gasteiger partial charge in [0, 0.05) is 31.8 Å². The van der Waals surface area contributed by atoms with Gasteiger partial charge in [0.05, 0.1) is 27.0 Å². The number of amides is 1. The summed E-state index contributed by atoms with van der Waals surface area (Å²) in [7, 11) is 4.81. The molecule has 33 heavy (non-hydrogen) atoms. The van der Waals surface area contributed by atoms with Gasteiger partial charge in [-0.15, -0.1) is 0 Å². The first-order chi connectivity index (χ1) is 16.0. The van der Waals surface area contributed by atoms with Crippen molar-refractivity contribution in [1.82, 2.24) is 4.98 Å². The van der Waals surface area contributed by atoms with Crippen LogP contribution in [0, 0.1) is 5.13 Å². The molecule has 9 heteroatoms. The molecule has 1 aromatic heterocycles. The van der Waals surface area contributed by atoms with Crippen LogP contribution in [0.25, 0.3) is 12.2 Å². The number of methoxy groups -OCH3 is 3. The van der Waals surface area contributed by atoms with Crippen molar-refractivity contribution in [1.29, 1.82) is 0 Å². The Kier molecular flexibility index (Phi) is 8.79. The fourth-order valence-electron chi connectivity index (χ4n) is 2.93. The van der Waals surface area contributed by atoms with E-state index in [0.29, 0.717) is 42.4 Å². The second-order valence-electron chi connectivity index (χ2n) is 6.89. The van der Waals surface area contributed by atoms with Crippen molar-refractivity contribution in [2.24, 2.45) is 0 Å². The third-order valence-electron chi connectivity index (χ3n) is 4.49. The average Bonchev–Trinajstić information content (AvgIpc) is 3.24. The zero-order valence-electron chi connectivity index (χ0n) is 18.6. The monoisotopic (exact) mass is 472 g/mol. The molecule has 0 bridgehead atoms. The average molecular weight is 473 g/mol. The number of anilines is 1. The summed E-state index contributed by atoms with van der Waals surface area (Å²) in [6.45, 7) is 1.01. The van der Waals surface area contributed by atoms with Crippen LogP contribution in [0.2, 0.25) is 0 Å². The summed E-state index contributed by atoms with van der Waals surface area (Å²) in [5, 5.41) is 2.32. The summed E-state index contributed by atoms with van der Waals surface area (Å²) in [5.74, 6) is 1.45. The number of carbonyl (C=O) groups excluding carboxylic acids is 1. The number of ether oxygens (including phenoxy) is 4. The Balaban J connectivity index is 1.86. The molecule has 7 nitrogen and oxygen atoms in total. The first-order valence-corrected chi connectivity index (χ1v) is 10.9. The van der Waals surface area contributed by atoms with Gasteiger partial charge in [-0.1, -0.05) is 23.5 Å². The van der Waals surface area contributed by atoms with Crippen LogP contribution in [-0.4, -0.2) is 45.4 Å². The summed E-state index contributed by atoms with van der Waals surface area (Å²) in [5.41, 5.74) is 1.97. The van der Waals surface area contributed by atoms with Crippen LogP contribution < -0.4 is 19.5 Å². The lowest BCUT2D eigenvalue weighted by atomic mass is 10.1. The number of halogens is 1. The molecule has 0 fully saturated rings. The van der Waals surface area contributed by atoms with E-state index in [2.05, 4.69) is 10.3 Å². The van der Waals surface area contributed by atoms with Gasteiger partial charge in [-0.2, -0.15) is 4.39 Å². The smallest absolute Gasteiger partial charge is 0.257 e. The van der Waals surface area contributed by atoms with Gasteiger partial charge in [0.25, 0.3) is 5.91 Å². The Morgan fingerprint density at radius 2 is 1.64 bits per heavy atom. The van der Waals surface area contributed by atoms with Gasteiger partial charge in [-0.3, -0.25) is 10.1 Å². The van der Waals surface area contributed by atoms with Gasteiger partial charge in [-0.25, -0.2) is 4.98 Å². The Morgan fingerprint density at radius 1 is 0.970 bits per heavy atom. The molecule has 1 amide bonds. The van der Waals surface area contributed by atoms with E-state index in [1.165, 1.54) is 0 Å². The number of rotatable bonds is 11. The second-order valence-corrected chi connectivity index (χ2v) is 7.87. The molecular weight excluding hydrogens is 447 g/mol. The Bertz CT molecular complexity index is 1090. The van der Waals surface area contributed by atoms with Crippen molar-refractivity contribution in [3.63, 3.8) is 0 Å². The second kappa shape index (κ2) is 12.0. The summed E-state index contributed by atoms with van der Waals surface area (Å²) < 4.78 is 34.7. The topological polar surface area (TPSA) is 78.9 Å². The quantitative estimate of drug-likeness (QED) is 0.308. The number of thiazole rings is 1. The third kappa shape index (κ3) is 7.30. The zero-order valence-corrected chi connectivity index (χ0v) is 19.4. The van der Waals surface area contributed by atoms with Crippen molar-refractivity contribution in [2.45, 2.75) is 6.42 Å². The normalized spacial score (nSPS) is 10.9. The van der Waals surface area contributed by atoms with Gasteiger partial charge in [-0.05, 0) is 41.5 Å². The Labute approximate surface area is 195 Å². The first kappa shape index (κ1) is 24.2. The van der Waals surface area contributed by atoms with Gasteiger partial charge >= 0.3 is 0 Å². The SMILES string of the molecule is COCCCOc1cc(/C=C/c2cc(OC)cc(OC)c2)cc(C(=O)Nc2ncc(F)s2)c1. The number of hydrogen-bond donors (Lipinski definition) is 1. The predicted octanol–water partition coefficient (Wildman–Crippen LogP) is 5.14. The highest BCUT2D eigenvalue weighted by Crippen LogP contribution is 2.25. The molecule has 1 heterocycles. The molecular formula is C24H25FN2O5S. The fraction of sp³-hybridized carbons (Fsp3) is 0.250. The lowest BCUT2D eigenvalue weighted by Crippen LogP contribution is -2.12. The van der Waals surface area contributed by atoms with E-state index in [4.69, 9.17) is 18.9 Å². The molecule has 0 saturated heterocycles. The maximum Gasteiger partial charge on any atom is 0.257 e. The minimum absolute atomic E-state index is 0.185. The molecule has 0 aliphatic rings. The minimum atomic E-state index is -0.474. The lowest BCUT2D eigenvalue weighted by Gasteiger charge is -2.10. The van der Waals surface area contributed by atoms with Gasteiger partial charge < -0.3 is 18.9 Å². The van der Waals surface area contributed by atoms with Crippen molar-refractivity contribution in [2.75, 3.05) is 39.9 Å². The first-order valence-electron chi connectivity index (χ1n) is 10.1. The van der Waals surface area contributed by atoms with Gasteiger partial charge in [0.15, 0.2) is 10.3 Å². The standard InChI is InChI=1S/C24H25FN2O5S/c1-29-7-4-8-32-21-12-16(5-6-17-10-19(30-2)14-20(11-17)31-3)9-18(13-21)23(28)27-24-26-15-22(25)33-24/h5-6,9-15H,4,7-8H2,1-3H3,(H,26,27,28)/b6-5+. The molecule has 0 saturated carbocycles. The minimum Gasteiger partial charge on any atom is -0.497 e. The Hall–Kier alpha value is -3.43. The van der Waals surface area contributed by atoms with Crippen LogP contribution in [0.1, 0.15) is 27.9 Å². The summed E-state index contributed by atoms with van der Waals surface area (Å²) in [4.78, 5) is 16.6. The fourth-order valence-corrected chi connectivity index (χ4v) is 3.46. The molecule has 0 aliphatic heterocycles. The van der Waals surface area contributed by atoms with Gasteiger partial charge in [0.2, 0.25) is 0 Å². The van der Waals surface area contributed by atoms with Crippen LogP contribution in [0.4, 0.5) is 9.52 Å². The highest BCUT2D eigenvalue weighted by Gasteiger charge is 2.12. The predicted molar refractivity (Wildman–Crippen MR) is 127 cm³/mol. The lowest BCUT2D eigenvalue weighted by molar-refractivity contribution is 0.102. The molecule has 0 unspecified atom stereocenters. The number of aromatic nitrogens is 1. The molecule has 3 aromatic rings. The van der Waals surface area contributed by atoms with E-state index in [9.17, 15) is 9.18 Å². The van der Waals surface area contributed by atoms with Crippen LogP contribution in [-0.2, 0) is 4.74 Å². The number of carbonyl (C=O) groups is 1. The maximum absolute atomic E-state index is 13.2. The van der Waals surface area contributed by atoms with E-state index in [1.54, 1.807) is 39.5 Å². The largest absolute Gasteiger partial charge is 0.497 e. The van der Waals surface area contributed by atoms with Crippen molar-refractivity contribution in [3.8, 4) is 17.2 Å². The summed E-state index contributed by atoms with van der Waals surface area (Å²) in [6, 6.07) is 10.7. The molecule has 2 aromatic carbocycles. The number of hydrogen-bond acceptors (Lipinski definition) is 7. The van der Waals surface area contributed by atoms with Crippen molar-refractivity contribution >= 4 is 34.5 Å². The van der Waals surface area contributed by atoms with Crippen LogP contribution in [0.3, 0.4) is 0 Å². The molecule has 0 radical (unpaired) electrons. The van der Waals surface area contributed by atoms with Crippen LogP contribution in [0.15, 0.2) is 42.6 Å². The van der Waals surface area contributed by atoms with E-state index >= 15 is 0 Å². The van der Waals surface area contributed by atoms with Gasteiger partial charge in [0.1, 0.15) is 17.2 Å². The van der Waals surface area contributed by atoms with E-state index in [0.717, 1.165) is 28.7 Å². The summed E-state index contributed by atoms with van der Waals surface area (Å²) in [6.07, 6.45) is 5.51. The van der Waals surface area contributed by atoms with Crippen molar-refractivity contribution < 1.29 is 28.1 Å². The van der Waals surface area contributed by atoms with E-state index in [1.807, 2.05) is 30.4 Å². The molecule has 174 valence electrons. The maximum atomic E-state index is 13.2. The van der Waals surface area contributed by atoms with Crippen LogP contribution in [0.5, 0.6) is 17.2 Å². The zero-order chi connectivity index (χ0) is 23.6. The van der Waals surface area contributed by atoms with E-state index in [-0.39, 0.29) is 5.13 Å². The Morgan fingerprint density at radius 3 is 2.24 bits per heavy atom. The highest BCUT2D eigenvalue weighted by molar-refractivity contribution is 7.14. The van der Waals surface area contributed by atoms with Crippen LogP contribution >= 0.6 is 11.3 Å². The van der Waals surface area contributed by atoms with E-state index < -0.39 is 11.0 Å². The number of benzene rings is 2. The molecule has 0 spiro atoms. The number of nitrogens with zero attached hydrogens (tertiary/aromatic N) is 1. The molecule has 3 rings (SSSR count). The molecule has 0 atom stereocenters. The van der Waals surface area contributed by atoms with Crippen molar-refractivity contribution in [3.05, 3.63) is 64.4 Å².